The number of nitrogens with zero attached hydrogens (tertiary/aromatic N) is 2. The third-order valence-corrected chi connectivity index (χ3v) is 4.04. The molecule has 1 heterocycles. The Morgan fingerprint density at radius 1 is 1.42 bits per heavy atom. The summed E-state index contributed by atoms with van der Waals surface area (Å²) in [6.07, 6.45) is 0.122. The Morgan fingerprint density at radius 2 is 2.19 bits per heavy atom. The quantitative estimate of drug-likeness (QED) is 0.331. The molecular formula is C18H30FIN4O2. The van der Waals surface area contributed by atoms with Crippen molar-refractivity contribution in [1.82, 2.24) is 15.5 Å². The Morgan fingerprint density at radius 3 is 2.85 bits per heavy atom. The Kier molecular flexibility index (Phi) is 10.2. The molecule has 26 heavy (non-hydrogen) atoms. The minimum Gasteiger partial charge on any atom is -0.505 e. The number of aromatic hydroxyl groups is 1. The van der Waals surface area contributed by atoms with Gasteiger partial charge in [0, 0.05) is 39.8 Å². The number of morpholine rings is 1. The molecule has 0 spiro atoms. The van der Waals surface area contributed by atoms with Crippen LogP contribution in [0.2, 0.25) is 0 Å². The molecule has 0 bridgehead atoms. The van der Waals surface area contributed by atoms with Crippen molar-refractivity contribution in [2.75, 3.05) is 39.8 Å². The van der Waals surface area contributed by atoms with Gasteiger partial charge in [-0.3, -0.25) is 9.89 Å². The molecule has 1 unspecified atom stereocenters. The van der Waals surface area contributed by atoms with Crippen molar-refractivity contribution >= 4 is 29.9 Å². The summed E-state index contributed by atoms with van der Waals surface area (Å²) in [5.41, 5.74) is 0.732. The molecule has 0 radical (unpaired) electrons. The topological polar surface area (TPSA) is 69.1 Å². The molecule has 1 fully saturated rings. The average Bonchev–Trinajstić information content (AvgIpc) is 2.58. The van der Waals surface area contributed by atoms with Gasteiger partial charge in [-0.05, 0) is 23.6 Å². The third kappa shape index (κ3) is 7.63. The first-order valence-electron chi connectivity index (χ1n) is 8.73. The number of halogens is 2. The lowest BCUT2D eigenvalue weighted by Crippen LogP contribution is -2.50. The zero-order valence-electron chi connectivity index (χ0n) is 15.7. The van der Waals surface area contributed by atoms with E-state index in [4.69, 9.17) is 4.74 Å². The highest BCUT2D eigenvalue weighted by Crippen LogP contribution is 2.15. The number of hydrogen-bond acceptors (Lipinski definition) is 4. The summed E-state index contributed by atoms with van der Waals surface area (Å²) in [4.78, 5) is 6.60. The van der Waals surface area contributed by atoms with E-state index in [1.165, 1.54) is 12.1 Å². The van der Waals surface area contributed by atoms with E-state index in [0.29, 0.717) is 25.0 Å². The molecule has 3 N–H and O–H groups in total. The zero-order chi connectivity index (χ0) is 18.2. The maximum Gasteiger partial charge on any atom is 0.191 e. The van der Waals surface area contributed by atoms with Gasteiger partial charge in [-0.25, -0.2) is 4.39 Å². The number of phenols is 1. The highest BCUT2D eigenvalue weighted by Gasteiger charge is 2.21. The van der Waals surface area contributed by atoms with Crippen LogP contribution in [0.3, 0.4) is 0 Å². The fraction of sp³-hybridized carbons (Fsp3) is 0.611. The minimum absolute atomic E-state index is 0. The van der Waals surface area contributed by atoms with Gasteiger partial charge < -0.3 is 20.5 Å². The summed E-state index contributed by atoms with van der Waals surface area (Å²) in [6, 6.07) is 4.33. The van der Waals surface area contributed by atoms with Gasteiger partial charge in [-0.1, -0.05) is 19.9 Å². The Hall–Kier alpha value is -1.13. The standard InChI is InChI=1S/C18H29FN4O2.HI/c1-13(2)11-23-6-7-25-15(12-23)10-22-18(20-3)21-9-14-4-5-17(24)16(19)8-14;/h4-5,8,13,15,24H,6-7,9-12H2,1-3H3,(H2,20,21,22);1H. The normalized spacial score (nSPS) is 18.5. The van der Waals surface area contributed by atoms with E-state index < -0.39 is 5.82 Å². The van der Waals surface area contributed by atoms with Gasteiger partial charge in [0.05, 0.1) is 12.7 Å². The predicted molar refractivity (Wildman–Crippen MR) is 113 cm³/mol. The van der Waals surface area contributed by atoms with Crippen LogP contribution in [0, 0.1) is 11.7 Å². The highest BCUT2D eigenvalue weighted by atomic mass is 127. The van der Waals surface area contributed by atoms with Crippen LogP contribution in [0.1, 0.15) is 19.4 Å². The molecule has 0 saturated carbocycles. The summed E-state index contributed by atoms with van der Waals surface area (Å²) in [5.74, 6) is 0.319. The summed E-state index contributed by atoms with van der Waals surface area (Å²) < 4.78 is 19.2. The number of nitrogens with one attached hydrogen (secondary N) is 2. The predicted octanol–water partition coefficient (Wildman–Crippen LogP) is 2.17. The largest absolute Gasteiger partial charge is 0.505 e. The van der Waals surface area contributed by atoms with E-state index in [1.54, 1.807) is 13.1 Å². The number of guanidine groups is 1. The summed E-state index contributed by atoms with van der Waals surface area (Å²) >= 11 is 0. The molecule has 8 heteroatoms. The maximum absolute atomic E-state index is 13.4. The first-order chi connectivity index (χ1) is 12.0. The average molecular weight is 480 g/mol. The molecule has 6 nitrogen and oxygen atoms in total. The van der Waals surface area contributed by atoms with E-state index in [1.807, 2.05) is 0 Å². The molecule has 1 aliphatic heterocycles. The van der Waals surface area contributed by atoms with Crippen LogP contribution in [-0.2, 0) is 11.3 Å². The lowest BCUT2D eigenvalue weighted by Gasteiger charge is -2.34. The molecule has 2 rings (SSSR count). The van der Waals surface area contributed by atoms with Crippen LogP contribution in [-0.4, -0.2) is 61.9 Å². The second-order valence-electron chi connectivity index (χ2n) is 6.74. The van der Waals surface area contributed by atoms with Crippen LogP contribution >= 0.6 is 24.0 Å². The van der Waals surface area contributed by atoms with Gasteiger partial charge in [0.15, 0.2) is 17.5 Å². The van der Waals surface area contributed by atoms with Crippen LogP contribution in [0.15, 0.2) is 23.2 Å². The number of benzene rings is 1. The zero-order valence-corrected chi connectivity index (χ0v) is 18.0. The summed E-state index contributed by atoms with van der Waals surface area (Å²) in [5, 5.41) is 15.6. The molecule has 0 aromatic heterocycles. The van der Waals surface area contributed by atoms with Gasteiger partial charge in [0.25, 0.3) is 0 Å². The Labute approximate surface area is 172 Å². The van der Waals surface area contributed by atoms with Gasteiger partial charge in [-0.15, -0.1) is 24.0 Å². The number of phenolic OH excluding ortho intramolecular Hbond substituents is 1. The van der Waals surface area contributed by atoms with Crippen LogP contribution < -0.4 is 10.6 Å². The minimum atomic E-state index is -0.622. The van der Waals surface area contributed by atoms with Gasteiger partial charge in [0.1, 0.15) is 0 Å². The third-order valence-electron chi connectivity index (χ3n) is 4.04. The maximum atomic E-state index is 13.4. The Bertz CT molecular complexity index is 586. The van der Waals surface area contributed by atoms with Crippen LogP contribution in [0.4, 0.5) is 4.39 Å². The molecule has 1 saturated heterocycles. The number of rotatable bonds is 6. The fourth-order valence-electron chi connectivity index (χ4n) is 2.86. The SMILES string of the molecule is CN=C(NCc1ccc(O)c(F)c1)NCC1CN(CC(C)C)CCO1.I. The van der Waals surface area contributed by atoms with Gasteiger partial charge in [0.2, 0.25) is 0 Å². The molecule has 1 aliphatic rings. The summed E-state index contributed by atoms with van der Waals surface area (Å²) in [6.45, 7) is 9.25. The van der Waals surface area contributed by atoms with Crippen molar-refractivity contribution in [2.45, 2.75) is 26.5 Å². The van der Waals surface area contributed by atoms with Crippen molar-refractivity contribution < 1.29 is 14.2 Å². The molecule has 1 aromatic carbocycles. The van der Waals surface area contributed by atoms with E-state index >= 15 is 0 Å². The lowest BCUT2D eigenvalue weighted by molar-refractivity contribution is -0.0284. The number of aliphatic imine (C=N–C) groups is 1. The van der Waals surface area contributed by atoms with Crippen molar-refractivity contribution in [3.63, 3.8) is 0 Å². The molecule has 0 amide bonds. The molecule has 1 atom stereocenters. The Balaban J connectivity index is 0.00000338. The van der Waals surface area contributed by atoms with Crippen molar-refractivity contribution in [3.05, 3.63) is 29.6 Å². The number of hydrogen-bond donors (Lipinski definition) is 3. The molecular weight excluding hydrogens is 450 g/mol. The van der Waals surface area contributed by atoms with Crippen molar-refractivity contribution in [2.24, 2.45) is 10.9 Å². The van der Waals surface area contributed by atoms with Crippen LogP contribution in [0.5, 0.6) is 5.75 Å². The molecule has 0 aliphatic carbocycles. The molecule has 148 valence electrons. The van der Waals surface area contributed by atoms with E-state index in [2.05, 4.69) is 34.4 Å². The first-order valence-corrected chi connectivity index (χ1v) is 8.73. The second-order valence-corrected chi connectivity index (χ2v) is 6.74. The second kappa shape index (κ2) is 11.6. The fourth-order valence-corrected chi connectivity index (χ4v) is 2.86. The smallest absolute Gasteiger partial charge is 0.191 e. The van der Waals surface area contributed by atoms with E-state index in [0.717, 1.165) is 31.8 Å². The van der Waals surface area contributed by atoms with Crippen molar-refractivity contribution in [1.29, 1.82) is 0 Å². The number of ether oxygens (including phenoxy) is 1. The van der Waals surface area contributed by atoms with Gasteiger partial charge in [-0.2, -0.15) is 0 Å². The van der Waals surface area contributed by atoms with Gasteiger partial charge >= 0.3 is 0 Å². The lowest BCUT2D eigenvalue weighted by atomic mass is 10.2. The monoisotopic (exact) mass is 480 g/mol. The van der Waals surface area contributed by atoms with E-state index in [9.17, 15) is 9.50 Å². The summed E-state index contributed by atoms with van der Waals surface area (Å²) in [7, 11) is 1.69. The van der Waals surface area contributed by atoms with Crippen molar-refractivity contribution in [3.8, 4) is 5.75 Å². The van der Waals surface area contributed by atoms with E-state index in [-0.39, 0.29) is 35.8 Å². The molecule has 1 aromatic rings. The highest BCUT2D eigenvalue weighted by molar-refractivity contribution is 14.0. The first kappa shape index (κ1) is 22.9. The van der Waals surface area contributed by atoms with Crippen LogP contribution in [0.25, 0.3) is 0 Å².